The van der Waals surface area contributed by atoms with Gasteiger partial charge in [0.05, 0.1) is 13.2 Å². The summed E-state index contributed by atoms with van der Waals surface area (Å²) in [4.78, 5) is 0. The van der Waals surface area contributed by atoms with Gasteiger partial charge in [0.1, 0.15) is 11.6 Å². The van der Waals surface area contributed by atoms with E-state index in [0.29, 0.717) is 25.9 Å². The van der Waals surface area contributed by atoms with Crippen molar-refractivity contribution in [1.82, 2.24) is 0 Å². The van der Waals surface area contributed by atoms with Gasteiger partial charge in [0.15, 0.2) is 23.2 Å². The Labute approximate surface area is 201 Å². The van der Waals surface area contributed by atoms with Crippen LogP contribution in [-0.2, 0) is 0 Å². The molecule has 1 unspecified atom stereocenters. The van der Waals surface area contributed by atoms with E-state index in [-0.39, 0.29) is 46.3 Å². The summed E-state index contributed by atoms with van der Waals surface area (Å²) >= 11 is 0. The van der Waals surface area contributed by atoms with Gasteiger partial charge in [0.2, 0.25) is 5.82 Å². The van der Waals surface area contributed by atoms with Crippen molar-refractivity contribution >= 4 is 5.57 Å². The largest absolute Gasteiger partial charge is 0.493 e. The van der Waals surface area contributed by atoms with Gasteiger partial charge in [-0.3, -0.25) is 0 Å². The van der Waals surface area contributed by atoms with E-state index < -0.39 is 29.1 Å². The van der Waals surface area contributed by atoms with E-state index in [1.54, 1.807) is 19.1 Å². The van der Waals surface area contributed by atoms with E-state index in [2.05, 4.69) is 0 Å². The number of allylic oxidation sites excluding steroid dienone is 2. The maximum absolute atomic E-state index is 14.7. The third-order valence-corrected chi connectivity index (χ3v) is 6.20. The quantitative estimate of drug-likeness (QED) is 0.314. The summed E-state index contributed by atoms with van der Waals surface area (Å²) in [5.41, 5.74) is 1.01. The zero-order valence-corrected chi connectivity index (χ0v) is 19.4. The Kier molecular flexibility index (Phi) is 7.43. The number of aryl methyl sites for hydroxylation is 1. The van der Waals surface area contributed by atoms with Crippen molar-refractivity contribution in [2.45, 2.75) is 33.1 Å². The zero-order valence-electron chi connectivity index (χ0n) is 19.4. The first-order valence-electron chi connectivity index (χ1n) is 11.5. The minimum absolute atomic E-state index is 0.0885. The lowest BCUT2D eigenvalue weighted by atomic mass is 9.86. The molecule has 0 aromatic heterocycles. The van der Waals surface area contributed by atoms with Gasteiger partial charge in [-0.1, -0.05) is 18.2 Å². The molecule has 0 bridgehead atoms. The second kappa shape index (κ2) is 10.5. The molecule has 0 radical (unpaired) electrons. The van der Waals surface area contributed by atoms with E-state index in [1.165, 1.54) is 31.2 Å². The highest BCUT2D eigenvalue weighted by atomic mass is 19.2. The van der Waals surface area contributed by atoms with Crippen molar-refractivity contribution in [2.75, 3.05) is 13.2 Å². The molecular weight excluding hydrogens is 463 g/mol. The van der Waals surface area contributed by atoms with Crippen LogP contribution in [-0.4, -0.2) is 13.2 Å². The van der Waals surface area contributed by atoms with Crippen molar-refractivity contribution in [3.8, 4) is 22.6 Å². The van der Waals surface area contributed by atoms with E-state index in [9.17, 15) is 22.0 Å². The Morgan fingerprint density at radius 1 is 0.800 bits per heavy atom. The van der Waals surface area contributed by atoms with Crippen molar-refractivity contribution in [3.05, 3.63) is 88.8 Å². The number of rotatable bonds is 7. The molecule has 1 atom stereocenters. The van der Waals surface area contributed by atoms with Crippen molar-refractivity contribution in [3.63, 3.8) is 0 Å². The first-order valence-corrected chi connectivity index (χ1v) is 11.5. The molecular formula is C28H25F5O2. The first kappa shape index (κ1) is 24.8. The summed E-state index contributed by atoms with van der Waals surface area (Å²) in [6.07, 6.45) is 3.78. The van der Waals surface area contributed by atoms with Gasteiger partial charge in [-0.15, -0.1) is 0 Å². The van der Waals surface area contributed by atoms with Crippen LogP contribution in [0.2, 0.25) is 0 Å². The van der Waals surface area contributed by atoms with Crippen LogP contribution in [0, 0.1) is 41.9 Å². The van der Waals surface area contributed by atoms with Crippen LogP contribution in [0.3, 0.4) is 0 Å². The summed E-state index contributed by atoms with van der Waals surface area (Å²) in [6, 6.07) is 9.68. The number of benzene rings is 3. The number of ether oxygens (including phenoxy) is 2. The van der Waals surface area contributed by atoms with Crippen LogP contribution in [0.25, 0.3) is 16.7 Å². The van der Waals surface area contributed by atoms with Gasteiger partial charge in [-0.05, 0) is 74.4 Å². The second-order valence-electron chi connectivity index (χ2n) is 8.55. The molecule has 4 rings (SSSR count). The monoisotopic (exact) mass is 488 g/mol. The first-order chi connectivity index (χ1) is 16.8. The summed E-state index contributed by atoms with van der Waals surface area (Å²) in [5.74, 6) is -4.59. The SMILES string of the molecule is CCOc1ccc(-c2ccc(OCC3CC=C(c4ccc(C)c(F)c4F)CC3)cc2F)c(F)c1F. The van der Waals surface area contributed by atoms with Gasteiger partial charge in [-0.2, -0.15) is 4.39 Å². The summed E-state index contributed by atoms with van der Waals surface area (Å²) in [5, 5.41) is 0. The van der Waals surface area contributed by atoms with E-state index in [4.69, 9.17) is 9.47 Å². The minimum Gasteiger partial charge on any atom is -0.493 e. The van der Waals surface area contributed by atoms with Crippen LogP contribution in [0.1, 0.15) is 37.3 Å². The molecule has 1 aliphatic rings. The second-order valence-corrected chi connectivity index (χ2v) is 8.55. The molecule has 184 valence electrons. The fourth-order valence-electron chi connectivity index (χ4n) is 4.20. The molecule has 0 spiro atoms. The number of hydrogen-bond acceptors (Lipinski definition) is 2. The maximum atomic E-state index is 14.7. The molecule has 2 nitrogen and oxygen atoms in total. The molecule has 0 amide bonds. The van der Waals surface area contributed by atoms with Gasteiger partial charge < -0.3 is 9.47 Å². The molecule has 0 heterocycles. The van der Waals surface area contributed by atoms with Gasteiger partial charge in [-0.25, -0.2) is 17.6 Å². The normalized spacial score (nSPS) is 15.6. The third kappa shape index (κ3) is 5.19. The molecule has 0 fully saturated rings. The lowest BCUT2D eigenvalue weighted by Crippen LogP contribution is -2.15. The highest BCUT2D eigenvalue weighted by molar-refractivity contribution is 5.68. The summed E-state index contributed by atoms with van der Waals surface area (Å²) in [6.45, 7) is 3.65. The van der Waals surface area contributed by atoms with Crippen LogP contribution < -0.4 is 9.47 Å². The highest BCUT2D eigenvalue weighted by Crippen LogP contribution is 2.35. The van der Waals surface area contributed by atoms with Crippen molar-refractivity contribution in [1.29, 1.82) is 0 Å². The lowest BCUT2D eigenvalue weighted by molar-refractivity contribution is 0.239. The Balaban J connectivity index is 1.41. The lowest BCUT2D eigenvalue weighted by Gasteiger charge is -2.23. The topological polar surface area (TPSA) is 18.5 Å². The van der Waals surface area contributed by atoms with Gasteiger partial charge in [0, 0.05) is 22.8 Å². The Morgan fingerprint density at radius 3 is 2.20 bits per heavy atom. The highest BCUT2D eigenvalue weighted by Gasteiger charge is 2.21. The molecule has 0 N–H and O–H groups in total. The van der Waals surface area contributed by atoms with E-state index >= 15 is 0 Å². The number of halogens is 5. The van der Waals surface area contributed by atoms with Crippen LogP contribution >= 0.6 is 0 Å². The molecule has 7 heteroatoms. The predicted octanol–water partition coefficient (Wildman–Crippen LogP) is 8.02. The fraction of sp³-hybridized carbons (Fsp3) is 0.286. The molecule has 0 saturated carbocycles. The molecule has 1 aliphatic carbocycles. The molecule has 0 aliphatic heterocycles. The van der Waals surface area contributed by atoms with Crippen LogP contribution in [0.4, 0.5) is 22.0 Å². The van der Waals surface area contributed by atoms with Crippen molar-refractivity contribution in [2.24, 2.45) is 5.92 Å². The minimum atomic E-state index is -1.18. The third-order valence-electron chi connectivity index (χ3n) is 6.20. The van der Waals surface area contributed by atoms with E-state index in [1.807, 2.05) is 6.08 Å². The van der Waals surface area contributed by atoms with E-state index in [0.717, 1.165) is 11.6 Å². The fourth-order valence-corrected chi connectivity index (χ4v) is 4.20. The Hall–Kier alpha value is -3.35. The molecule has 3 aromatic rings. The summed E-state index contributed by atoms with van der Waals surface area (Å²) in [7, 11) is 0. The van der Waals surface area contributed by atoms with Gasteiger partial charge in [0.25, 0.3) is 0 Å². The zero-order chi connectivity index (χ0) is 25.1. The Bertz CT molecular complexity index is 1270. The van der Waals surface area contributed by atoms with Gasteiger partial charge >= 0.3 is 0 Å². The molecule has 3 aromatic carbocycles. The Morgan fingerprint density at radius 2 is 1.51 bits per heavy atom. The maximum Gasteiger partial charge on any atom is 0.201 e. The van der Waals surface area contributed by atoms with Crippen molar-refractivity contribution < 1.29 is 31.4 Å². The molecule has 0 saturated heterocycles. The average Bonchev–Trinajstić information content (AvgIpc) is 2.85. The average molecular weight is 488 g/mol. The smallest absolute Gasteiger partial charge is 0.201 e. The predicted molar refractivity (Wildman–Crippen MR) is 125 cm³/mol. The van der Waals surface area contributed by atoms with Crippen LogP contribution in [0.5, 0.6) is 11.5 Å². The van der Waals surface area contributed by atoms with Crippen LogP contribution in [0.15, 0.2) is 48.5 Å². The standard InChI is InChI=1S/C28H25F5O2/c1-3-34-24-13-12-22(27(32)28(24)33)21-11-9-19(14-23(21)29)35-15-17-5-7-18(8-6-17)20-10-4-16(2)25(30)26(20)31/h4,7,9-14,17H,3,5-6,8,15H2,1-2H3. The summed E-state index contributed by atoms with van der Waals surface area (Å²) < 4.78 is 82.3. The number of hydrogen-bond donors (Lipinski definition) is 0. The molecule has 35 heavy (non-hydrogen) atoms.